The number of carboxylic acid groups (broad SMARTS) is 1. The van der Waals surface area contributed by atoms with Gasteiger partial charge in [-0.2, -0.15) is 4.72 Å². The summed E-state index contributed by atoms with van der Waals surface area (Å²) in [6.45, 7) is 1.18. The predicted octanol–water partition coefficient (Wildman–Crippen LogP) is 0.645. The summed E-state index contributed by atoms with van der Waals surface area (Å²) in [6.07, 6.45) is 3.50. The van der Waals surface area contributed by atoms with Crippen molar-refractivity contribution in [2.45, 2.75) is 56.2 Å². The molecule has 0 aliphatic heterocycles. The number of rotatable bonds is 5. The van der Waals surface area contributed by atoms with E-state index in [9.17, 15) is 23.1 Å². The standard InChI is InChI=1S/C12H21NO6S/c1-9(10(14)19-2)20(17,18)13-12(11(15)16)7-5-3-4-6-8-12/h9,13H,3-8H2,1-2H3,(H,15,16). The van der Waals surface area contributed by atoms with Gasteiger partial charge in [0.05, 0.1) is 7.11 Å². The molecular weight excluding hydrogens is 286 g/mol. The summed E-state index contributed by atoms with van der Waals surface area (Å²) in [5.41, 5.74) is -1.52. The summed E-state index contributed by atoms with van der Waals surface area (Å²) < 4.78 is 30.9. The fraction of sp³-hybridized carbons (Fsp3) is 0.833. The molecule has 0 amide bonds. The van der Waals surface area contributed by atoms with Gasteiger partial charge >= 0.3 is 11.9 Å². The third kappa shape index (κ3) is 3.69. The van der Waals surface area contributed by atoms with Gasteiger partial charge in [0, 0.05) is 0 Å². The monoisotopic (exact) mass is 307 g/mol. The second-order valence-corrected chi connectivity index (χ2v) is 7.12. The molecule has 1 fully saturated rings. The van der Waals surface area contributed by atoms with Crippen LogP contribution in [0, 0.1) is 0 Å². The highest BCUT2D eigenvalue weighted by Gasteiger charge is 2.44. The molecule has 1 rings (SSSR count). The third-order valence-electron chi connectivity index (χ3n) is 3.70. The third-order valence-corrected chi connectivity index (χ3v) is 5.50. The molecule has 0 heterocycles. The quantitative estimate of drug-likeness (QED) is 0.570. The van der Waals surface area contributed by atoms with Crippen molar-refractivity contribution in [1.82, 2.24) is 4.72 Å². The van der Waals surface area contributed by atoms with Crippen molar-refractivity contribution in [2.75, 3.05) is 7.11 Å². The van der Waals surface area contributed by atoms with Gasteiger partial charge in [-0.25, -0.2) is 8.42 Å². The number of aliphatic carboxylic acids is 1. The maximum Gasteiger partial charge on any atom is 0.325 e. The summed E-state index contributed by atoms with van der Waals surface area (Å²) >= 11 is 0. The van der Waals surface area contributed by atoms with Crippen LogP contribution in [0.3, 0.4) is 0 Å². The Morgan fingerprint density at radius 1 is 1.20 bits per heavy atom. The molecule has 2 N–H and O–H groups in total. The lowest BCUT2D eigenvalue weighted by molar-refractivity contribution is -0.145. The van der Waals surface area contributed by atoms with Gasteiger partial charge in [0.2, 0.25) is 10.0 Å². The topological polar surface area (TPSA) is 110 Å². The highest BCUT2D eigenvalue weighted by molar-refractivity contribution is 7.90. The Balaban J connectivity index is 3.00. The number of esters is 1. The van der Waals surface area contributed by atoms with E-state index in [2.05, 4.69) is 9.46 Å². The first-order valence-corrected chi connectivity index (χ1v) is 8.14. The van der Waals surface area contributed by atoms with Gasteiger partial charge in [0.15, 0.2) is 5.25 Å². The summed E-state index contributed by atoms with van der Waals surface area (Å²) in [6, 6.07) is 0. The second kappa shape index (κ2) is 6.53. The van der Waals surface area contributed by atoms with Crippen molar-refractivity contribution in [1.29, 1.82) is 0 Å². The zero-order valence-corrected chi connectivity index (χ0v) is 12.5. The molecule has 0 aromatic rings. The molecule has 1 aliphatic carbocycles. The van der Waals surface area contributed by atoms with Gasteiger partial charge in [-0.05, 0) is 19.8 Å². The van der Waals surface area contributed by atoms with E-state index in [0.29, 0.717) is 12.8 Å². The Labute approximate surface area is 118 Å². The molecule has 0 aromatic carbocycles. The zero-order valence-electron chi connectivity index (χ0n) is 11.7. The Kier molecular flexibility index (Phi) is 5.52. The lowest BCUT2D eigenvalue weighted by Gasteiger charge is -2.29. The van der Waals surface area contributed by atoms with Crippen molar-refractivity contribution >= 4 is 22.0 Å². The van der Waals surface area contributed by atoms with Gasteiger partial charge in [-0.3, -0.25) is 9.59 Å². The van der Waals surface area contributed by atoms with E-state index >= 15 is 0 Å². The largest absolute Gasteiger partial charge is 0.480 e. The maximum absolute atomic E-state index is 12.1. The van der Waals surface area contributed by atoms with Crippen LogP contribution in [0.15, 0.2) is 0 Å². The van der Waals surface area contributed by atoms with Crippen LogP contribution in [0.5, 0.6) is 0 Å². The SMILES string of the molecule is COC(=O)C(C)S(=O)(=O)NC1(C(=O)O)CCCCCC1. The summed E-state index contributed by atoms with van der Waals surface area (Å²) in [5.74, 6) is -2.10. The van der Waals surface area contributed by atoms with Crippen LogP contribution in [-0.4, -0.2) is 43.4 Å². The lowest BCUT2D eigenvalue weighted by atomic mass is 9.92. The molecule has 7 nitrogen and oxygen atoms in total. The van der Waals surface area contributed by atoms with Crippen molar-refractivity contribution in [3.63, 3.8) is 0 Å². The molecule has 0 saturated heterocycles. The molecule has 1 atom stereocenters. The van der Waals surface area contributed by atoms with E-state index in [1.165, 1.54) is 6.92 Å². The fourth-order valence-corrected chi connectivity index (χ4v) is 3.71. The van der Waals surface area contributed by atoms with Crippen molar-refractivity contribution in [3.05, 3.63) is 0 Å². The molecule has 1 saturated carbocycles. The average Bonchev–Trinajstić information content (AvgIpc) is 2.63. The van der Waals surface area contributed by atoms with Gasteiger partial charge < -0.3 is 9.84 Å². The predicted molar refractivity (Wildman–Crippen MR) is 71.6 cm³/mol. The Hall–Kier alpha value is -1.15. The van der Waals surface area contributed by atoms with Crippen LogP contribution < -0.4 is 4.72 Å². The number of sulfonamides is 1. The first-order valence-electron chi connectivity index (χ1n) is 6.59. The summed E-state index contributed by atoms with van der Waals surface area (Å²) in [5, 5.41) is 7.97. The summed E-state index contributed by atoms with van der Waals surface area (Å²) in [7, 11) is -3.01. The first-order chi connectivity index (χ1) is 9.25. The molecular formula is C12H21NO6S. The van der Waals surface area contributed by atoms with E-state index in [-0.39, 0.29) is 12.8 Å². The number of carboxylic acids is 1. The van der Waals surface area contributed by atoms with E-state index in [1.807, 2.05) is 0 Å². The molecule has 0 aromatic heterocycles. The molecule has 1 unspecified atom stereocenters. The van der Waals surface area contributed by atoms with E-state index in [1.54, 1.807) is 0 Å². The minimum absolute atomic E-state index is 0.232. The molecule has 0 spiro atoms. The van der Waals surface area contributed by atoms with Crippen LogP contribution in [0.4, 0.5) is 0 Å². The van der Waals surface area contributed by atoms with Crippen LogP contribution in [0.25, 0.3) is 0 Å². The van der Waals surface area contributed by atoms with Crippen LogP contribution in [0.2, 0.25) is 0 Å². The highest BCUT2D eigenvalue weighted by Crippen LogP contribution is 2.28. The molecule has 116 valence electrons. The van der Waals surface area contributed by atoms with E-state index in [0.717, 1.165) is 20.0 Å². The van der Waals surface area contributed by atoms with Crippen molar-refractivity contribution < 1.29 is 27.9 Å². The van der Waals surface area contributed by atoms with Gasteiger partial charge in [-0.15, -0.1) is 0 Å². The molecule has 8 heteroatoms. The van der Waals surface area contributed by atoms with Crippen LogP contribution >= 0.6 is 0 Å². The van der Waals surface area contributed by atoms with Gasteiger partial charge in [0.1, 0.15) is 5.54 Å². The van der Waals surface area contributed by atoms with E-state index in [4.69, 9.17) is 0 Å². The smallest absolute Gasteiger partial charge is 0.325 e. The lowest BCUT2D eigenvalue weighted by Crippen LogP contribution is -2.56. The van der Waals surface area contributed by atoms with Crippen LogP contribution in [-0.2, 0) is 24.3 Å². The normalized spacial score (nSPS) is 20.7. The van der Waals surface area contributed by atoms with Crippen molar-refractivity contribution in [3.8, 4) is 0 Å². The number of nitrogens with one attached hydrogen (secondary N) is 1. The fourth-order valence-electron chi connectivity index (χ4n) is 2.35. The van der Waals surface area contributed by atoms with Crippen LogP contribution in [0.1, 0.15) is 45.4 Å². The Morgan fingerprint density at radius 3 is 2.10 bits per heavy atom. The Bertz CT molecular complexity index is 464. The van der Waals surface area contributed by atoms with Crippen molar-refractivity contribution in [2.24, 2.45) is 0 Å². The molecule has 0 bridgehead atoms. The minimum Gasteiger partial charge on any atom is -0.480 e. The number of carbonyl (C=O) groups is 2. The number of ether oxygens (including phenoxy) is 1. The molecule has 1 aliphatic rings. The summed E-state index contributed by atoms with van der Waals surface area (Å²) in [4.78, 5) is 22.9. The van der Waals surface area contributed by atoms with E-state index < -0.39 is 32.8 Å². The maximum atomic E-state index is 12.1. The zero-order chi connectivity index (χ0) is 15.4. The van der Waals surface area contributed by atoms with Gasteiger partial charge in [-0.1, -0.05) is 25.7 Å². The number of methoxy groups -OCH3 is 1. The minimum atomic E-state index is -4.10. The Morgan fingerprint density at radius 2 is 1.70 bits per heavy atom. The number of hydrogen-bond acceptors (Lipinski definition) is 5. The first kappa shape index (κ1) is 16.9. The second-order valence-electron chi connectivity index (χ2n) is 5.11. The number of carbonyl (C=O) groups excluding carboxylic acids is 1. The van der Waals surface area contributed by atoms with Gasteiger partial charge in [0.25, 0.3) is 0 Å². The highest BCUT2D eigenvalue weighted by atomic mass is 32.2. The average molecular weight is 307 g/mol. The molecule has 0 radical (unpaired) electrons. The molecule has 20 heavy (non-hydrogen) atoms. The number of hydrogen-bond donors (Lipinski definition) is 2.